The van der Waals surface area contributed by atoms with Gasteiger partial charge < -0.3 is 14.9 Å². The van der Waals surface area contributed by atoms with Crippen molar-refractivity contribution >= 4 is 11.8 Å². The molecule has 0 aromatic heterocycles. The Morgan fingerprint density at radius 2 is 1.43 bits per heavy atom. The third-order valence-electron chi connectivity index (χ3n) is 3.28. The molecule has 6 heteroatoms. The van der Waals surface area contributed by atoms with E-state index in [0.29, 0.717) is 0 Å². The first-order valence-electron chi connectivity index (χ1n) is 4.47. The fourth-order valence-corrected chi connectivity index (χ4v) is 2.65. The quantitative estimate of drug-likeness (QED) is 0.371. The molecule has 2 bridgehead atoms. The average molecular weight is 199 g/mol. The summed E-state index contributed by atoms with van der Waals surface area (Å²) in [5.74, 6) is -2.05. The fourth-order valence-electron chi connectivity index (χ4n) is 2.65. The van der Waals surface area contributed by atoms with Gasteiger partial charge in [-0.05, 0) is 0 Å². The Balaban J connectivity index is 2.01. The summed E-state index contributed by atoms with van der Waals surface area (Å²) in [6.07, 6.45) is -3.58. The molecule has 0 unspecified atom stereocenters. The Hall–Kier alpha value is -0.980. The van der Waals surface area contributed by atoms with Crippen molar-refractivity contribution in [1.29, 1.82) is 0 Å². The van der Waals surface area contributed by atoms with Gasteiger partial charge in [-0.2, -0.15) is 0 Å². The van der Waals surface area contributed by atoms with Crippen LogP contribution in [-0.4, -0.2) is 46.4 Å². The van der Waals surface area contributed by atoms with Crippen LogP contribution < -0.4 is 5.32 Å². The number of nitrogens with one attached hydrogen (secondary N) is 1. The maximum absolute atomic E-state index is 11.3. The first-order valence-corrected chi connectivity index (χ1v) is 4.47. The number of hydrogen-bond acceptors (Lipinski definition) is 5. The van der Waals surface area contributed by atoms with E-state index in [1.807, 2.05) is 0 Å². The van der Waals surface area contributed by atoms with E-state index in [4.69, 9.17) is 4.74 Å². The topological polar surface area (TPSA) is 95.9 Å². The maximum Gasteiger partial charge on any atom is 0.233 e. The van der Waals surface area contributed by atoms with Gasteiger partial charge in [0, 0.05) is 0 Å². The predicted molar refractivity (Wildman–Crippen MR) is 40.8 cm³/mol. The van der Waals surface area contributed by atoms with Crippen molar-refractivity contribution in [3.8, 4) is 0 Å². The van der Waals surface area contributed by atoms with Crippen molar-refractivity contribution in [2.45, 2.75) is 24.4 Å². The number of carbonyl (C=O) groups is 2. The van der Waals surface area contributed by atoms with Gasteiger partial charge in [0.05, 0.1) is 24.0 Å². The lowest BCUT2D eigenvalue weighted by atomic mass is 9.78. The van der Waals surface area contributed by atoms with Crippen LogP contribution in [0.1, 0.15) is 0 Å². The van der Waals surface area contributed by atoms with Crippen molar-refractivity contribution < 1.29 is 24.5 Å². The molecule has 2 amide bonds. The van der Waals surface area contributed by atoms with Crippen molar-refractivity contribution in [3.63, 3.8) is 0 Å². The van der Waals surface area contributed by atoms with Crippen LogP contribution in [0.2, 0.25) is 0 Å². The van der Waals surface area contributed by atoms with E-state index in [9.17, 15) is 19.8 Å². The van der Waals surface area contributed by atoms with Crippen LogP contribution in [0.25, 0.3) is 0 Å². The number of hydrogen-bond donors (Lipinski definition) is 3. The standard InChI is InChI=1S/C8H9NO5/c10-3-4(11)6-2-1(5(3)14-6)7(12)9-8(2)13/h1-6,10-11H,(H,9,12,13)/t1-,2+,3+,4-,5-,6+. The monoisotopic (exact) mass is 199 g/mol. The number of amides is 2. The highest BCUT2D eigenvalue weighted by atomic mass is 16.6. The van der Waals surface area contributed by atoms with E-state index in [1.165, 1.54) is 0 Å². The summed E-state index contributed by atoms with van der Waals surface area (Å²) in [5.41, 5.74) is 0. The minimum Gasteiger partial charge on any atom is -0.388 e. The van der Waals surface area contributed by atoms with Gasteiger partial charge in [0.1, 0.15) is 12.2 Å². The smallest absolute Gasteiger partial charge is 0.233 e. The van der Waals surface area contributed by atoms with E-state index in [2.05, 4.69) is 5.32 Å². The summed E-state index contributed by atoms with van der Waals surface area (Å²) < 4.78 is 5.22. The zero-order chi connectivity index (χ0) is 10.0. The molecule has 3 rings (SSSR count). The predicted octanol–water partition coefficient (Wildman–Crippen LogP) is -2.62. The van der Waals surface area contributed by atoms with Gasteiger partial charge in [-0.25, -0.2) is 0 Å². The van der Waals surface area contributed by atoms with Gasteiger partial charge in [-0.1, -0.05) is 0 Å². The van der Waals surface area contributed by atoms with Crippen LogP contribution in [0.4, 0.5) is 0 Å². The summed E-state index contributed by atoms with van der Waals surface area (Å²) in [7, 11) is 0. The Morgan fingerprint density at radius 3 is 1.86 bits per heavy atom. The van der Waals surface area contributed by atoms with Crippen LogP contribution >= 0.6 is 0 Å². The third-order valence-corrected chi connectivity index (χ3v) is 3.28. The normalized spacial score (nSPS) is 55.0. The molecule has 3 aliphatic rings. The molecule has 3 N–H and O–H groups in total. The molecule has 0 spiro atoms. The molecule has 3 saturated heterocycles. The highest BCUT2D eigenvalue weighted by molar-refractivity contribution is 6.06. The van der Waals surface area contributed by atoms with E-state index < -0.39 is 48.1 Å². The average Bonchev–Trinajstić information content (AvgIpc) is 2.71. The fraction of sp³-hybridized carbons (Fsp3) is 0.750. The van der Waals surface area contributed by atoms with Crippen molar-refractivity contribution in [1.82, 2.24) is 5.32 Å². The first kappa shape index (κ1) is 8.34. The number of carbonyl (C=O) groups excluding carboxylic acids is 2. The highest BCUT2D eigenvalue weighted by Gasteiger charge is 2.66. The second-order valence-electron chi connectivity index (χ2n) is 3.95. The minimum atomic E-state index is -1.06. The molecule has 76 valence electrons. The van der Waals surface area contributed by atoms with E-state index >= 15 is 0 Å². The second kappa shape index (κ2) is 2.33. The van der Waals surface area contributed by atoms with Gasteiger partial charge >= 0.3 is 0 Å². The number of ether oxygens (including phenoxy) is 1. The van der Waals surface area contributed by atoms with Crippen LogP contribution in [-0.2, 0) is 14.3 Å². The van der Waals surface area contributed by atoms with Gasteiger partial charge in [-0.15, -0.1) is 0 Å². The molecular weight excluding hydrogens is 190 g/mol. The lowest BCUT2D eigenvalue weighted by Gasteiger charge is -2.25. The van der Waals surface area contributed by atoms with Crippen LogP contribution in [0.5, 0.6) is 0 Å². The number of imide groups is 1. The SMILES string of the molecule is O=C1NC(=O)[C@H]2[C@H]3O[C@H]([C@H](O)[C@@H]3O)[C@@H]12. The van der Waals surface area contributed by atoms with Crippen molar-refractivity contribution in [2.24, 2.45) is 11.8 Å². The van der Waals surface area contributed by atoms with Crippen LogP contribution in [0.3, 0.4) is 0 Å². The Bertz CT molecular complexity index is 300. The Morgan fingerprint density at radius 1 is 1.00 bits per heavy atom. The molecule has 0 radical (unpaired) electrons. The summed E-state index contributed by atoms with van der Waals surface area (Å²) in [6.45, 7) is 0. The minimum absolute atomic E-state index is 0.404. The van der Waals surface area contributed by atoms with Gasteiger partial charge in [0.25, 0.3) is 0 Å². The molecule has 6 nitrogen and oxygen atoms in total. The Labute approximate surface area is 78.9 Å². The largest absolute Gasteiger partial charge is 0.388 e. The van der Waals surface area contributed by atoms with Crippen molar-refractivity contribution in [2.75, 3.05) is 0 Å². The summed E-state index contributed by atoms with van der Waals surface area (Å²) in [5, 5.41) is 21.1. The molecule has 14 heavy (non-hydrogen) atoms. The first-order chi connectivity index (χ1) is 6.61. The Kier molecular flexibility index (Phi) is 1.39. The zero-order valence-corrected chi connectivity index (χ0v) is 7.08. The molecule has 3 fully saturated rings. The number of aliphatic hydroxyl groups is 2. The van der Waals surface area contributed by atoms with E-state index in [1.54, 1.807) is 0 Å². The molecule has 0 aliphatic carbocycles. The van der Waals surface area contributed by atoms with Crippen molar-refractivity contribution in [3.05, 3.63) is 0 Å². The number of aliphatic hydroxyl groups excluding tert-OH is 2. The lowest BCUT2D eigenvalue weighted by molar-refractivity contribution is -0.129. The van der Waals surface area contributed by atoms with Gasteiger partial charge in [0.2, 0.25) is 11.8 Å². The number of fused-ring (bicyclic) bond motifs is 5. The molecule has 3 heterocycles. The molecular formula is C8H9NO5. The third kappa shape index (κ3) is 0.727. The van der Waals surface area contributed by atoms with Gasteiger partial charge in [0.15, 0.2) is 0 Å². The zero-order valence-electron chi connectivity index (χ0n) is 7.08. The molecule has 6 atom stereocenters. The molecule has 3 aliphatic heterocycles. The summed E-state index contributed by atoms with van der Waals surface area (Å²) in [4.78, 5) is 22.6. The van der Waals surface area contributed by atoms with E-state index in [-0.39, 0.29) is 0 Å². The second-order valence-corrected chi connectivity index (χ2v) is 3.95. The molecule has 0 saturated carbocycles. The van der Waals surface area contributed by atoms with Crippen LogP contribution in [0, 0.1) is 11.8 Å². The summed E-state index contributed by atoms with van der Waals surface area (Å²) in [6, 6.07) is 0. The lowest BCUT2D eigenvalue weighted by Crippen LogP contribution is -2.47. The summed E-state index contributed by atoms with van der Waals surface area (Å²) >= 11 is 0. The van der Waals surface area contributed by atoms with E-state index in [0.717, 1.165) is 0 Å². The maximum atomic E-state index is 11.3. The highest BCUT2D eigenvalue weighted by Crippen LogP contribution is 2.46. The molecule has 0 aromatic carbocycles. The molecule has 0 aromatic rings. The van der Waals surface area contributed by atoms with Crippen LogP contribution in [0.15, 0.2) is 0 Å². The van der Waals surface area contributed by atoms with Gasteiger partial charge in [-0.3, -0.25) is 14.9 Å². The number of rotatable bonds is 0.